The number of carbonyl (C=O) groups is 2. The number of hydrogen-bond acceptors (Lipinski definition) is 3. The summed E-state index contributed by atoms with van der Waals surface area (Å²) in [5.41, 5.74) is 2.66. The Bertz CT molecular complexity index is 749. The standard InChI is InChI=1S/C18H16O4/c1-22-14-7-6-12-9-13(17(19)16(12)10-14)8-11-4-2-3-5-15(11)18(20)21/h2-7,10,13H,8-9H2,1H3,(H,20,21). The molecule has 1 N–H and O–H groups in total. The molecule has 0 heterocycles. The van der Waals surface area contributed by atoms with Crippen molar-refractivity contribution in [1.29, 1.82) is 0 Å². The SMILES string of the molecule is COc1ccc2c(c1)C(=O)C(Cc1ccccc1C(=O)O)C2. The molecule has 0 amide bonds. The first-order valence-electron chi connectivity index (χ1n) is 7.12. The Hall–Kier alpha value is -2.62. The molecule has 1 aliphatic carbocycles. The summed E-state index contributed by atoms with van der Waals surface area (Å²) in [7, 11) is 1.57. The van der Waals surface area contributed by atoms with Crippen LogP contribution in [0.5, 0.6) is 5.75 Å². The molecule has 0 bridgehead atoms. The van der Waals surface area contributed by atoms with Crippen LogP contribution >= 0.6 is 0 Å². The van der Waals surface area contributed by atoms with Crippen LogP contribution in [0.15, 0.2) is 42.5 Å². The van der Waals surface area contributed by atoms with Gasteiger partial charge in [-0.15, -0.1) is 0 Å². The van der Waals surface area contributed by atoms with Gasteiger partial charge in [0.15, 0.2) is 5.78 Å². The Labute approximate surface area is 128 Å². The van der Waals surface area contributed by atoms with Crippen LogP contribution < -0.4 is 4.74 Å². The van der Waals surface area contributed by atoms with Crippen molar-refractivity contribution in [3.63, 3.8) is 0 Å². The van der Waals surface area contributed by atoms with E-state index in [1.165, 1.54) is 0 Å². The molecular weight excluding hydrogens is 280 g/mol. The Morgan fingerprint density at radius 1 is 1.27 bits per heavy atom. The smallest absolute Gasteiger partial charge is 0.335 e. The lowest BCUT2D eigenvalue weighted by Gasteiger charge is -2.10. The molecule has 1 atom stereocenters. The maximum Gasteiger partial charge on any atom is 0.335 e. The van der Waals surface area contributed by atoms with E-state index >= 15 is 0 Å². The highest BCUT2D eigenvalue weighted by Gasteiger charge is 2.31. The zero-order valence-corrected chi connectivity index (χ0v) is 12.2. The fourth-order valence-corrected chi connectivity index (χ4v) is 3.01. The summed E-state index contributed by atoms with van der Waals surface area (Å²) in [5.74, 6) is -0.435. The molecule has 0 saturated carbocycles. The van der Waals surface area contributed by atoms with E-state index in [0.29, 0.717) is 29.7 Å². The van der Waals surface area contributed by atoms with Gasteiger partial charge in [-0.05, 0) is 42.2 Å². The molecule has 0 saturated heterocycles. The van der Waals surface area contributed by atoms with Gasteiger partial charge in [0.1, 0.15) is 5.75 Å². The number of ether oxygens (including phenoxy) is 1. The van der Waals surface area contributed by atoms with Gasteiger partial charge in [-0.25, -0.2) is 4.79 Å². The molecule has 3 rings (SSSR count). The quantitative estimate of drug-likeness (QED) is 0.942. The van der Waals surface area contributed by atoms with Gasteiger partial charge < -0.3 is 9.84 Å². The summed E-state index contributed by atoms with van der Waals surface area (Å²) in [5, 5.41) is 9.25. The van der Waals surface area contributed by atoms with Crippen molar-refractivity contribution in [3.8, 4) is 5.75 Å². The third-order valence-corrected chi connectivity index (χ3v) is 4.13. The van der Waals surface area contributed by atoms with E-state index in [0.717, 1.165) is 5.56 Å². The van der Waals surface area contributed by atoms with E-state index in [4.69, 9.17) is 4.74 Å². The molecule has 22 heavy (non-hydrogen) atoms. The van der Waals surface area contributed by atoms with Gasteiger partial charge >= 0.3 is 5.97 Å². The number of ketones is 1. The van der Waals surface area contributed by atoms with Gasteiger partial charge in [-0.1, -0.05) is 24.3 Å². The maximum atomic E-state index is 12.5. The van der Waals surface area contributed by atoms with Gasteiger partial charge in [0.05, 0.1) is 12.7 Å². The predicted octanol–water partition coefficient (Wildman–Crippen LogP) is 2.99. The number of carboxylic acids is 1. The van der Waals surface area contributed by atoms with Gasteiger partial charge in [-0.2, -0.15) is 0 Å². The zero-order chi connectivity index (χ0) is 15.7. The second-order valence-electron chi connectivity index (χ2n) is 5.45. The molecule has 4 heteroatoms. The molecule has 0 fully saturated rings. The number of Topliss-reactive ketones (excluding diaryl/α,β-unsaturated/α-hetero) is 1. The summed E-state index contributed by atoms with van der Waals surface area (Å²) in [6.45, 7) is 0. The van der Waals surface area contributed by atoms with E-state index < -0.39 is 5.97 Å². The third-order valence-electron chi connectivity index (χ3n) is 4.13. The van der Waals surface area contributed by atoms with Crippen LogP contribution in [0.1, 0.15) is 31.8 Å². The number of methoxy groups -OCH3 is 1. The Kier molecular flexibility index (Phi) is 3.67. The summed E-state index contributed by atoms with van der Waals surface area (Å²) >= 11 is 0. The van der Waals surface area contributed by atoms with E-state index in [1.807, 2.05) is 12.1 Å². The predicted molar refractivity (Wildman–Crippen MR) is 81.6 cm³/mol. The van der Waals surface area contributed by atoms with Crippen LogP contribution in [0, 0.1) is 5.92 Å². The second-order valence-corrected chi connectivity index (χ2v) is 5.45. The molecule has 1 aliphatic rings. The topological polar surface area (TPSA) is 63.6 Å². The fraction of sp³-hybridized carbons (Fsp3) is 0.222. The number of rotatable bonds is 4. The molecule has 112 valence electrons. The minimum absolute atomic E-state index is 0.0640. The molecule has 0 aromatic heterocycles. The molecule has 2 aromatic rings. The van der Waals surface area contributed by atoms with E-state index in [-0.39, 0.29) is 17.3 Å². The lowest BCUT2D eigenvalue weighted by Crippen LogP contribution is -2.14. The summed E-state index contributed by atoms with van der Waals surface area (Å²) < 4.78 is 5.16. The van der Waals surface area contributed by atoms with Crippen molar-refractivity contribution in [1.82, 2.24) is 0 Å². The average molecular weight is 296 g/mol. The van der Waals surface area contributed by atoms with Crippen LogP contribution in [-0.4, -0.2) is 24.0 Å². The van der Waals surface area contributed by atoms with Crippen molar-refractivity contribution in [3.05, 3.63) is 64.7 Å². The summed E-state index contributed by atoms with van der Waals surface area (Å²) in [4.78, 5) is 23.8. The number of carbonyl (C=O) groups excluding carboxylic acids is 1. The van der Waals surface area contributed by atoms with Gasteiger partial charge in [0.25, 0.3) is 0 Å². The second kappa shape index (κ2) is 5.64. The van der Waals surface area contributed by atoms with Crippen LogP contribution in [0.3, 0.4) is 0 Å². The molecule has 0 aliphatic heterocycles. The minimum Gasteiger partial charge on any atom is -0.497 e. The van der Waals surface area contributed by atoms with Crippen molar-refractivity contribution < 1.29 is 19.4 Å². The maximum absolute atomic E-state index is 12.5. The number of hydrogen-bond donors (Lipinski definition) is 1. The highest BCUT2D eigenvalue weighted by Crippen LogP contribution is 2.32. The largest absolute Gasteiger partial charge is 0.497 e. The van der Waals surface area contributed by atoms with Gasteiger partial charge in [-0.3, -0.25) is 4.79 Å². The molecular formula is C18H16O4. The first-order valence-corrected chi connectivity index (χ1v) is 7.12. The van der Waals surface area contributed by atoms with Crippen molar-refractivity contribution in [2.45, 2.75) is 12.8 Å². The summed E-state index contributed by atoms with van der Waals surface area (Å²) in [6.07, 6.45) is 1.09. The number of carboxylic acid groups (broad SMARTS) is 1. The van der Waals surface area contributed by atoms with Crippen LogP contribution in [-0.2, 0) is 12.8 Å². The third kappa shape index (κ3) is 2.48. The first kappa shape index (κ1) is 14.3. The lowest BCUT2D eigenvalue weighted by molar-refractivity contribution is 0.0694. The van der Waals surface area contributed by atoms with Crippen LogP contribution in [0.25, 0.3) is 0 Å². The molecule has 0 radical (unpaired) electrons. The Morgan fingerprint density at radius 3 is 2.77 bits per heavy atom. The highest BCUT2D eigenvalue weighted by molar-refractivity contribution is 6.03. The normalized spacial score (nSPS) is 16.4. The van der Waals surface area contributed by atoms with E-state index in [2.05, 4.69) is 0 Å². The van der Waals surface area contributed by atoms with Crippen LogP contribution in [0.4, 0.5) is 0 Å². The highest BCUT2D eigenvalue weighted by atomic mass is 16.5. The molecule has 2 aromatic carbocycles. The zero-order valence-electron chi connectivity index (χ0n) is 12.2. The first-order chi connectivity index (χ1) is 10.6. The molecule has 1 unspecified atom stereocenters. The fourth-order valence-electron chi connectivity index (χ4n) is 3.01. The average Bonchev–Trinajstić information content (AvgIpc) is 2.83. The Balaban J connectivity index is 1.87. The summed E-state index contributed by atoms with van der Waals surface area (Å²) in [6, 6.07) is 12.4. The van der Waals surface area contributed by atoms with Crippen molar-refractivity contribution in [2.75, 3.05) is 7.11 Å². The van der Waals surface area contributed by atoms with Gasteiger partial charge in [0.2, 0.25) is 0 Å². The van der Waals surface area contributed by atoms with Crippen molar-refractivity contribution in [2.24, 2.45) is 5.92 Å². The van der Waals surface area contributed by atoms with E-state index in [1.54, 1.807) is 37.4 Å². The number of benzene rings is 2. The Morgan fingerprint density at radius 2 is 2.05 bits per heavy atom. The van der Waals surface area contributed by atoms with Crippen molar-refractivity contribution >= 4 is 11.8 Å². The van der Waals surface area contributed by atoms with Gasteiger partial charge in [0, 0.05) is 11.5 Å². The lowest BCUT2D eigenvalue weighted by atomic mass is 9.93. The van der Waals surface area contributed by atoms with Crippen LogP contribution in [0.2, 0.25) is 0 Å². The number of aromatic carboxylic acids is 1. The molecule has 0 spiro atoms. The minimum atomic E-state index is -0.958. The van der Waals surface area contributed by atoms with E-state index in [9.17, 15) is 14.7 Å². The number of fused-ring (bicyclic) bond motifs is 1. The molecule has 4 nitrogen and oxygen atoms in total. The monoisotopic (exact) mass is 296 g/mol.